The number of thiazole rings is 1. The molecule has 0 N–H and O–H groups in total. The van der Waals surface area contributed by atoms with E-state index in [0.29, 0.717) is 5.28 Å². The summed E-state index contributed by atoms with van der Waals surface area (Å²) in [6.45, 7) is 6.21. The summed E-state index contributed by atoms with van der Waals surface area (Å²) < 4.78 is 2.04. The van der Waals surface area contributed by atoms with Crippen LogP contribution in [0, 0.1) is 6.92 Å². The number of para-hydroxylation sites is 1. The van der Waals surface area contributed by atoms with Gasteiger partial charge in [-0.2, -0.15) is 0 Å². The van der Waals surface area contributed by atoms with Gasteiger partial charge in [0.25, 0.3) is 0 Å². The smallest absolute Gasteiger partial charge is 0.204 e. The van der Waals surface area contributed by atoms with Crippen LogP contribution in [0.25, 0.3) is 21.6 Å². The first kappa shape index (κ1) is 12.6. The molecule has 0 aliphatic carbocycles. The zero-order valence-corrected chi connectivity index (χ0v) is 12.6. The van der Waals surface area contributed by atoms with Crippen LogP contribution in [0.3, 0.4) is 0 Å². The molecular weight excluding hydrogens is 278 g/mol. The van der Waals surface area contributed by atoms with Crippen molar-refractivity contribution in [1.29, 1.82) is 0 Å². The molecular formula is C14H14ClN3S. The molecule has 0 fully saturated rings. The number of aryl methyl sites for hydroxylation is 1. The van der Waals surface area contributed by atoms with Crippen LogP contribution in [-0.4, -0.2) is 14.5 Å². The Kier molecular flexibility index (Phi) is 3.07. The Labute approximate surface area is 120 Å². The molecule has 0 spiro atoms. The predicted molar refractivity (Wildman–Crippen MR) is 81.0 cm³/mol. The van der Waals surface area contributed by atoms with Gasteiger partial charge in [0, 0.05) is 22.7 Å². The van der Waals surface area contributed by atoms with Crippen LogP contribution in [0.2, 0.25) is 5.28 Å². The lowest BCUT2D eigenvalue weighted by molar-refractivity contribution is 0.618. The van der Waals surface area contributed by atoms with E-state index in [1.54, 1.807) is 11.3 Å². The molecule has 0 aliphatic rings. The van der Waals surface area contributed by atoms with E-state index < -0.39 is 0 Å². The van der Waals surface area contributed by atoms with Gasteiger partial charge in [0.05, 0.1) is 5.52 Å². The summed E-state index contributed by atoms with van der Waals surface area (Å²) in [6, 6.07) is 6.42. The van der Waals surface area contributed by atoms with Crippen LogP contribution in [0.15, 0.2) is 23.6 Å². The van der Waals surface area contributed by atoms with Crippen LogP contribution < -0.4 is 0 Å². The first-order valence-corrected chi connectivity index (χ1v) is 7.42. The molecule has 2 aromatic heterocycles. The molecule has 5 heteroatoms. The van der Waals surface area contributed by atoms with Crippen molar-refractivity contribution in [3.05, 3.63) is 34.6 Å². The van der Waals surface area contributed by atoms with Gasteiger partial charge in [0.2, 0.25) is 5.28 Å². The number of hydrogen-bond acceptors (Lipinski definition) is 3. The van der Waals surface area contributed by atoms with Crippen molar-refractivity contribution < 1.29 is 0 Å². The van der Waals surface area contributed by atoms with E-state index in [0.717, 1.165) is 27.3 Å². The Hall–Kier alpha value is -1.39. The van der Waals surface area contributed by atoms with Gasteiger partial charge in [-0.1, -0.05) is 6.07 Å². The standard InChI is InChI=1S/C14H14ClN3S/c1-8(2)18-11-6-4-5-10(12(11)17-14(18)15)13-16-9(3)7-19-13/h4-8H,1-3H3. The molecule has 0 atom stereocenters. The Morgan fingerprint density at radius 3 is 2.68 bits per heavy atom. The fraction of sp³-hybridized carbons (Fsp3) is 0.286. The van der Waals surface area contributed by atoms with Crippen molar-refractivity contribution in [2.45, 2.75) is 26.8 Å². The van der Waals surface area contributed by atoms with E-state index in [-0.39, 0.29) is 6.04 Å². The quantitative estimate of drug-likeness (QED) is 0.685. The Bertz CT molecular complexity index is 742. The largest absolute Gasteiger partial charge is 0.312 e. The van der Waals surface area contributed by atoms with E-state index in [1.165, 1.54) is 0 Å². The molecule has 3 aromatic rings. The van der Waals surface area contributed by atoms with Crippen molar-refractivity contribution in [2.24, 2.45) is 0 Å². The first-order valence-electron chi connectivity index (χ1n) is 6.17. The number of imidazole rings is 1. The molecule has 19 heavy (non-hydrogen) atoms. The van der Waals surface area contributed by atoms with Gasteiger partial charge in [-0.3, -0.25) is 0 Å². The summed E-state index contributed by atoms with van der Waals surface area (Å²) >= 11 is 7.90. The molecule has 2 heterocycles. The second-order valence-corrected chi connectivity index (χ2v) is 6.01. The minimum Gasteiger partial charge on any atom is -0.312 e. The third kappa shape index (κ3) is 2.05. The summed E-state index contributed by atoms with van der Waals surface area (Å²) in [6.07, 6.45) is 0. The molecule has 0 saturated carbocycles. The number of aromatic nitrogens is 3. The van der Waals surface area contributed by atoms with Gasteiger partial charge in [-0.05, 0) is 44.5 Å². The normalized spacial score (nSPS) is 11.6. The highest BCUT2D eigenvalue weighted by Gasteiger charge is 2.16. The molecule has 0 amide bonds. The molecule has 0 saturated heterocycles. The second kappa shape index (κ2) is 4.62. The predicted octanol–water partition coefficient (Wildman–Crippen LogP) is 4.70. The van der Waals surface area contributed by atoms with Crippen molar-refractivity contribution in [2.75, 3.05) is 0 Å². The fourth-order valence-electron chi connectivity index (χ4n) is 2.23. The summed E-state index contributed by atoms with van der Waals surface area (Å²) in [5.41, 5.74) is 4.07. The van der Waals surface area contributed by atoms with E-state index in [4.69, 9.17) is 11.6 Å². The number of rotatable bonds is 2. The van der Waals surface area contributed by atoms with Gasteiger partial charge in [0.1, 0.15) is 10.5 Å². The SMILES string of the molecule is Cc1csc(-c2cccc3c2nc(Cl)n3C(C)C)n1. The maximum atomic E-state index is 6.26. The van der Waals surface area contributed by atoms with Crippen LogP contribution in [0.4, 0.5) is 0 Å². The minimum atomic E-state index is 0.283. The third-order valence-electron chi connectivity index (χ3n) is 3.04. The maximum Gasteiger partial charge on any atom is 0.204 e. The zero-order chi connectivity index (χ0) is 13.6. The third-order valence-corrected chi connectivity index (χ3v) is 4.30. The van der Waals surface area contributed by atoms with E-state index in [9.17, 15) is 0 Å². The molecule has 0 unspecified atom stereocenters. The fourth-order valence-corrected chi connectivity index (χ4v) is 3.42. The topological polar surface area (TPSA) is 30.7 Å². The van der Waals surface area contributed by atoms with Crippen LogP contribution >= 0.6 is 22.9 Å². The van der Waals surface area contributed by atoms with Crippen LogP contribution in [0.1, 0.15) is 25.6 Å². The number of hydrogen-bond donors (Lipinski definition) is 0. The van der Waals surface area contributed by atoms with Crippen molar-refractivity contribution in [3.63, 3.8) is 0 Å². The molecule has 0 radical (unpaired) electrons. The Balaban J connectivity index is 2.30. The average Bonchev–Trinajstić information content (AvgIpc) is 2.90. The second-order valence-electron chi connectivity index (χ2n) is 4.81. The van der Waals surface area contributed by atoms with E-state index in [1.807, 2.05) is 17.6 Å². The molecule has 3 nitrogen and oxygen atoms in total. The highest BCUT2D eigenvalue weighted by atomic mass is 35.5. The molecule has 1 aromatic carbocycles. The van der Waals surface area contributed by atoms with Crippen molar-refractivity contribution >= 4 is 34.0 Å². The lowest BCUT2D eigenvalue weighted by atomic mass is 10.2. The van der Waals surface area contributed by atoms with Crippen LogP contribution in [0.5, 0.6) is 0 Å². The summed E-state index contributed by atoms with van der Waals surface area (Å²) in [4.78, 5) is 9.06. The molecule has 0 bridgehead atoms. The Morgan fingerprint density at radius 1 is 1.26 bits per heavy atom. The monoisotopic (exact) mass is 291 g/mol. The lowest BCUT2D eigenvalue weighted by Crippen LogP contribution is -1.99. The van der Waals surface area contributed by atoms with Crippen LogP contribution in [-0.2, 0) is 0 Å². The first-order chi connectivity index (χ1) is 9.08. The lowest BCUT2D eigenvalue weighted by Gasteiger charge is -2.09. The van der Waals surface area contributed by atoms with Gasteiger partial charge >= 0.3 is 0 Å². The summed E-state index contributed by atoms with van der Waals surface area (Å²) in [5, 5.41) is 3.58. The van der Waals surface area contributed by atoms with Crippen molar-refractivity contribution in [3.8, 4) is 10.6 Å². The number of halogens is 1. The average molecular weight is 292 g/mol. The van der Waals surface area contributed by atoms with E-state index >= 15 is 0 Å². The molecule has 0 aliphatic heterocycles. The molecule has 98 valence electrons. The summed E-state index contributed by atoms with van der Waals surface area (Å²) in [5.74, 6) is 0. The minimum absolute atomic E-state index is 0.283. The van der Waals surface area contributed by atoms with Gasteiger partial charge in [0.15, 0.2) is 0 Å². The van der Waals surface area contributed by atoms with E-state index in [2.05, 4.69) is 41.3 Å². The zero-order valence-electron chi connectivity index (χ0n) is 11.0. The number of fused-ring (bicyclic) bond motifs is 1. The summed E-state index contributed by atoms with van der Waals surface area (Å²) in [7, 11) is 0. The highest BCUT2D eigenvalue weighted by Crippen LogP contribution is 2.33. The Morgan fingerprint density at radius 2 is 2.05 bits per heavy atom. The van der Waals surface area contributed by atoms with Crippen molar-refractivity contribution in [1.82, 2.24) is 14.5 Å². The number of nitrogens with zero attached hydrogens (tertiary/aromatic N) is 3. The van der Waals surface area contributed by atoms with Gasteiger partial charge in [-0.25, -0.2) is 9.97 Å². The maximum absolute atomic E-state index is 6.26. The van der Waals surface area contributed by atoms with Gasteiger partial charge in [-0.15, -0.1) is 11.3 Å². The molecule has 3 rings (SSSR count). The number of benzene rings is 1. The highest BCUT2D eigenvalue weighted by molar-refractivity contribution is 7.13. The van der Waals surface area contributed by atoms with Gasteiger partial charge < -0.3 is 4.57 Å².